The van der Waals surface area contributed by atoms with E-state index in [9.17, 15) is 0 Å². The van der Waals surface area contributed by atoms with Gasteiger partial charge in [0.25, 0.3) is 0 Å². The van der Waals surface area contributed by atoms with Gasteiger partial charge in [-0.05, 0) is 24.4 Å². The Kier molecular flexibility index (Phi) is 3.79. The Labute approximate surface area is 121 Å². The van der Waals surface area contributed by atoms with Gasteiger partial charge in [0.2, 0.25) is 17.2 Å². The predicted octanol–water partition coefficient (Wildman–Crippen LogP) is 1.33. The number of rotatable bonds is 6. The molecule has 2 heterocycles. The minimum absolute atomic E-state index is 0.182. The number of aromatic nitrogens is 5. The Hall–Kier alpha value is -1.73. The molecule has 2 aromatic rings. The molecule has 0 radical (unpaired) electrons. The number of ether oxygens (including phenoxy) is 1. The van der Waals surface area contributed by atoms with Crippen LogP contribution in [0.2, 0.25) is 5.28 Å². The molecule has 0 amide bonds. The fraction of sp³-hybridized carbons (Fsp3) is 0.500. The van der Waals surface area contributed by atoms with Crippen molar-refractivity contribution in [2.75, 3.05) is 25.2 Å². The molecule has 0 atom stereocenters. The first kappa shape index (κ1) is 13.3. The third-order valence-corrected chi connectivity index (χ3v) is 3.27. The zero-order chi connectivity index (χ0) is 13.9. The van der Waals surface area contributed by atoms with Gasteiger partial charge >= 0.3 is 0 Å². The van der Waals surface area contributed by atoms with Gasteiger partial charge in [0.1, 0.15) is 6.33 Å². The highest BCUT2D eigenvalue weighted by molar-refractivity contribution is 6.28. The maximum atomic E-state index is 6.02. The minimum Gasteiger partial charge on any atom is -0.383 e. The van der Waals surface area contributed by atoms with E-state index in [1.165, 1.54) is 0 Å². The quantitative estimate of drug-likeness (QED) is 0.800. The van der Waals surface area contributed by atoms with Gasteiger partial charge in [0, 0.05) is 32.1 Å². The predicted molar refractivity (Wildman–Crippen MR) is 74.2 cm³/mol. The monoisotopic (exact) mass is 294 g/mol. The van der Waals surface area contributed by atoms with Crippen molar-refractivity contribution in [3.05, 3.63) is 24.0 Å². The smallest absolute Gasteiger partial charge is 0.241 e. The molecule has 1 aliphatic rings. The van der Waals surface area contributed by atoms with E-state index in [2.05, 4.69) is 24.8 Å². The molecule has 20 heavy (non-hydrogen) atoms. The molecule has 2 aromatic heterocycles. The van der Waals surface area contributed by atoms with Gasteiger partial charge < -0.3 is 9.64 Å². The van der Waals surface area contributed by atoms with Crippen LogP contribution in [0.4, 0.5) is 5.95 Å². The van der Waals surface area contributed by atoms with Gasteiger partial charge in [0.15, 0.2) is 0 Å². The molecular weight excluding hydrogens is 280 g/mol. The van der Waals surface area contributed by atoms with Crippen molar-refractivity contribution >= 4 is 17.5 Å². The molecule has 1 fully saturated rings. The largest absolute Gasteiger partial charge is 0.383 e. The molecule has 0 aromatic carbocycles. The van der Waals surface area contributed by atoms with Crippen LogP contribution in [0.5, 0.6) is 0 Å². The van der Waals surface area contributed by atoms with E-state index >= 15 is 0 Å². The Morgan fingerprint density at radius 1 is 1.40 bits per heavy atom. The van der Waals surface area contributed by atoms with Crippen molar-refractivity contribution in [3.63, 3.8) is 0 Å². The average Bonchev–Trinajstić information content (AvgIpc) is 3.12. The summed E-state index contributed by atoms with van der Waals surface area (Å²) < 4.78 is 6.85. The summed E-state index contributed by atoms with van der Waals surface area (Å²) in [4.78, 5) is 19.0. The van der Waals surface area contributed by atoms with Crippen LogP contribution in [0.15, 0.2) is 18.7 Å². The van der Waals surface area contributed by atoms with Crippen LogP contribution < -0.4 is 4.90 Å². The lowest BCUT2D eigenvalue weighted by atomic mass is 10.5. The molecule has 0 N–H and O–H groups in total. The molecule has 106 valence electrons. The highest BCUT2D eigenvalue weighted by Crippen LogP contribution is 2.30. The lowest BCUT2D eigenvalue weighted by Gasteiger charge is -2.22. The van der Waals surface area contributed by atoms with Crippen LogP contribution in [0.1, 0.15) is 12.8 Å². The number of halogens is 1. The number of imidazole rings is 1. The molecule has 8 heteroatoms. The average molecular weight is 295 g/mol. The van der Waals surface area contributed by atoms with Gasteiger partial charge in [-0.1, -0.05) is 0 Å². The normalized spacial score (nSPS) is 14.5. The first-order valence-corrected chi connectivity index (χ1v) is 6.81. The number of methoxy groups -OCH3 is 1. The van der Waals surface area contributed by atoms with E-state index in [1.54, 1.807) is 30.4 Å². The van der Waals surface area contributed by atoms with Gasteiger partial charge in [-0.2, -0.15) is 15.0 Å². The summed E-state index contributed by atoms with van der Waals surface area (Å²) in [5.74, 6) is 1.06. The van der Waals surface area contributed by atoms with E-state index in [1.807, 2.05) is 0 Å². The Morgan fingerprint density at radius 2 is 2.25 bits per heavy atom. The van der Waals surface area contributed by atoms with Crippen molar-refractivity contribution in [1.29, 1.82) is 0 Å². The second kappa shape index (κ2) is 5.72. The highest BCUT2D eigenvalue weighted by atomic mass is 35.5. The zero-order valence-corrected chi connectivity index (χ0v) is 11.9. The molecule has 7 nitrogen and oxygen atoms in total. The standard InChI is InChI=1S/C12H15ClN6O/c1-20-7-6-19(9-2-3-9)12-16-10(13)15-11(17-12)18-5-4-14-8-18/h4-5,8-9H,2-3,6-7H2,1H3. The van der Waals surface area contributed by atoms with Crippen LogP contribution in [0, 0.1) is 0 Å². The van der Waals surface area contributed by atoms with Crippen LogP contribution in [0.25, 0.3) is 5.95 Å². The van der Waals surface area contributed by atoms with Gasteiger partial charge in [-0.15, -0.1) is 0 Å². The van der Waals surface area contributed by atoms with Crippen molar-refractivity contribution in [2.24, 2.45) is 0 Å². The SMILES string of the molecule is COCCN(c1nc(Cl)nc(-n2ccnc2)n1)C1CC1. The van der Waals surface area contributed by atoms with Crippen molar-refractivity contribution < 1.29 is 4.74 Å². The number of anilines is 1. The first-order chi connectivity index (χ1) is 9.78. The summed E-state index contributed by atoms with van der Waals surface area (Å²) in [5.41, 5.74) is 0. The second-order valence-electron chi connectivity index (χ2n) is 4.59. The van der Waals surface area contributed by atoms with Crippen LogP contribution in [0.3, 0.4) is 0 Å². The van der Waals surface area contributed by atoms with E-state index in [-0.39, 0.29) is 5.28 Å². The molecule has 0 bridgehead atoms. The first-order valence-electron chi connectivity index (χ1n) is 6.43. The molecule has 1 saturated carbocycles. The Bertz CT molecular complexity index is 571. The third kappa shape index (κ3) is 2.88. The Balaban J connectivity index is 1.91. The molecule has 0 spiro atoms. The molecular formula is C12H15ClN6O. The van der Waals surface area contributed by atoms with Crippen molar-refractivity contribution in [3.8, 4) is 5.95 Å². The molecule has 1 aliphatic carbocycles. The van der Waals surface area contributed by atoms with E-state index in [0.29, 0.717) is 24.5 Å². The lowest BCUT2D eigenvalue weighted by Crippen LogP contribution is -2.31. The molecule has 3 rings (SSSR count). The number of nitrogens with zero attached hydrogens (tertiary/aromatic N) is 6. The van der Waals surface area contributed by atoms with E-state index in [0.717, 1.165) is 19.4 Å². The van der Waals surface area contributed by atoms with Crippen molar-refractivity contribution in [1.82, 2.24) is 24.5 Å². The third-order valence-electron chi connectivity index (χ3n) is 3.10. The number of hydrogen-bond acceptors (Lipinski definition) is 6. The topological polar surface area (TPSA) is 69.0 Å². The zero-order valence-electron chi connectivity index (χ0n) is 11.1. The fourth-order valence-electron chi connectivity index (χ4n) is 1.97. The summed E-state index contributed by atoms with van der Waals surface area (Å²) in [6.07, 6.45) is 7.36. The summed E-state index contributed by atoms with van der Waals surface area (Å²) in [6.45, 7) is 1.37. The van der Waals surface area contributed by atoms with Gasteiger partial charge in [0.05, 0.1) is 6.61 Å². The lowest BCUT2D eigenvalue weighted by molar-refractivity contribution is 0.204. The van der Waals surface area contributed by atoms with E-state index < -0.39 is 0 Å². The summed E-state index contributed by atoms with van der Waals surface area (Å²) >= 11 is 6.02. The molecule has 0 unspecified atom stereocenters. The van der Waals surface area contributed by atoms with Crippen LogP contribution in [-0.4, -0.2) is 50.8 Å². The molecule has 0 saturated heterocycles. The van der Waals surface area contributed by atoms with Crippen LogP contribution in [-0.2, 0) is 4.74 Å². The fourth-order valence-corrected chi connectivity index (χ4v) is 2.12. The summed E-state index contributed by atoms with van der Waals surface area (Å²) in [5, 5.41) is 0.182. The minimum atomic E-state index is 0.182. The van der Waals surface area contributed by atoms with Gasteiger partial charge in [-0.25, -0.2) is 4.98 Å². The van der Waals surface area contributed by atoms with Gasteiger partial charge in [-0.3, -0.25) is 4.57 Å². The maximum absolute atomic E-state index is 6.02. The highest BCUT2D eigenvalue weighted by Gasteiger charge is 2.31. The Morgan fingerprint density at radius 3 is 2.90 bits per heavy atom. The summed E-state index contributed by atoms with van der Waals surface area (Å²) in [7, 11) is 1.68. The second-order valence-corrected chi connectivity index (χ2v) is 4.93. The molecule has 0 aliphatic heterocycles. The van der Waals surface area contributed by atoms with Crippen LogP contribution >= 0.6 is 11.6 Å². The number of hydrogen-bond donors (Lipinski definition) is 0. The van der Waals surface area contributed by atoms with E-state index in [4.69, 9.17) is 16.3 Å². The summed E-state index contributed by atoms with van der Waals surface area (Å²) in [6, 6.07) is 0.472. The maximum Gasteiger partial charge on any atom is 0.241 e. The van der Waals surface area contributed by atoms with Crippen molar-refractivity contribution in [2.45, 2.75) is 18.9 Å².